The zero-order valence-electron chi connectivity index (χ0n) is 19.4. The SMILES string of the molecule is CC#CCOc1ccc(Sc2ccc(-c3ccccc3C=O)cc2S(=O)(=O)Oc2ccccc2)cc1. The van der Waals surface area contributed by atoms with Crippen LogP contribution in [0.5, 0.6) is 11.5 Å². The predicted molar refractivity (Wildman–Crippen MR) is 141 cm³/mol. The first-order valence-electron chi connectivity index (χ1n) is 11.0. The van der Waals surface area contributed by atoms with E-state index in [1.165, 1.54) is 11.8 Å². The van der Waals surface area contributed by atoms with Gasteiger partial charge < -0.3 is 8.92 Å². The van der Waals surface area contributed by atoms with Crippen molar-refractivity contribution in [2.75, 3.05) is 6.61 Å². The van der Waals surface area contributed by atoms with Gasteiger partial charge in [-0.1, -0.05) is 66.2 Å². The molecule has 0 fully saturated rings. The highest BCUT2D eigenvalue weighted by atomic mass is 32.2. The number of benzene rings is 4. The highest BCUT2D eigenvalue weighted by Gasteiger charge is 2.23. The van der Waals surface area contributed by atoms with Crippen LogP contribution in [0.2, 0.25) is 0 Å². The highest BCUT2D eigenvalue weighted by Crippen LogP contribution is 2.37. The van der Waals surface area contributed by atoms with Crippen LogP contribution in [0.1, 0.15) is 17.3 Å². The van der Waals surface area contributed by atoms with Gasteiger partial charge in [-0.05, 0) is 66.6 Å². The maximum Gasteiger partial charge on any atom is 0.340 e. The average molecular weight is 515 g/mol. The van der Waals surface area contributed by atoms with E-state index < -0.39 is 10.1 Å². The summed E-state index contributed by atoms with van der Waals surface area (Å²) in [5.74, 6) is 6.50. The zero-order valence-corrected chi connectivity index (χ0v) is 21.0. The Morgan fingerprint density at radius 3 is 2.31 bits per heavy atom. The molecule has 0 aromatic heterocycles. The van der Waals surface area contributed by atoms with Crippen LogP contribution in [-0.4, -0.2) is 21.3 Å². The Morgan fingerprint density at radius 1 is 0.861 bits per heavy atom. The molecule has 0 aliphatic heterocycles. The van der Waals surface area contributed by atoms with E-state index in [9.17, 15) is 13.2 Å². The van der Waals surface area contributed by atoms with Crippen molar-refractivity contribution in [2.45, 2.75) is 21.6 Å². The summed E-state index contributed by atoms with van der Waals surface area (Å²) in [6.45, 7) is 2.05. The Morgan fingerprint density at radius 2 is 1.58 bits per heavy atom. The molecule has 4 aromatic rings. The molecule has 5 nitrogen and oxygen atoms in total. The molecule has 0 saturated heterocycles. The molecule has 0 spiro atoms. The van der Waals surface area contributed by atoms with Crippen LogP contribution < -0.4 is 8.92 Å². The van der Waals surface area contributed by atoms with Gasteiger partial charge in [0.15, 0.2) is 6.29 Å². The zero-order chi connectivity index (χ0) is 25.4. The van der Waals surface area contributed by atoms with Crippen molar-refractivity contribution in [1.29, 1.82) is 0 Å². The van der Waals surface area contributed by atoms with Crippen molar-refractivity contribution in [3.63, 3.8) is 0 Å². The van der Waals surface area contributed by atoms with E-state index in [0.29, 0.717) is 33.9 Å². The van der Waals surface area contributed by atoms with Crippen LogP contribution in [-0.2, 0) is 10.1 Å². The monoisotopic (exact) mass is 514 g/mol. The van der Waals surface area contributed by atoms with Crippen molar-refractivity contribution in [2.24, 2.45) is 0 Å². The topological polar surface area (TPSA) is 69.7 Å². The summed E-state index contributed by atoms with van der Waals surface area (Å²) in [5, 5.41) is 0. The molecule has 0 aliphatic rings. The molecule has 0 aliphatic carbocycles. The Bertz CT molecular complexity index is 1520. The van der Waals surface area contributed by atoms with Crippen LogP contribution in [0.4, 0.5) is 0 Å². The molecule has 7 heteroatoms. The Kier molecular flexibility index (Phi) is 8.11. The van der Waals surface area contributed by atoms with E-state index in [2.05, 4.69) is 11.8 Å². The molecule has 36 heavy (non-hydrogen) atoms. The summed E-state index contributed by atoms with van der Waals surface area (Å²) in [5.41, 5.74) is 1.70. The van der Waals surface area contributed by atoms with Gasteiger partial charge in [-0.25, -0.2) is 0 Å². The molecule has 0 N–H and O–H groups in total. The molecule has 4 rings (SSSR count). The van der Waals surface area contributed by atoms with E-state index in [0.717, 1.165) is 11.2 Å². The first-order chi connectivity index (χ1) is 17.5. The van der Waals surface area contributed by atoms with E-state index >= 15 is 0 Å². The third-order valence-corrected chi connectivity index (χ3v) is 7.60. The molecular weight excluding hydrogens is 492 g/mol. The van der Waals surface area contributed by atoms with Crippen molar-refractivity contribution in [3.05, 3.63) is 103 Å². The van der Waals surface area contributed by atoms with Gasteiger partial charge in [-0.3, -0.25) is 4.79 Å². The maximum absolute atomic E-state index is 13.4. The fraction of sp³-hybridized carbons (Fsp3) is 0.0690. The van der Waals surface area contributed by atoms with Gasteiger partial charge in [0.25, 0.3) is 0 Å². The quantitative estimate of drug-likeness (QED) is 0.145. The predicted octanol–water partition coefficient (Wildman–Crippen LogP) is 6.49. The first kappa shape index (κ1) is 25.1. The van der Waals surface area contributed by atoms with E-state index in [1.54, 1.807) is 79.7 Å². The van der Waals surface area contributed by atoms with Crippen LogP contribution in [0.25, 0.3) is 11.1 Å². The Hall–Kier alpha value is -3.99. The van der Waals surface area contributed by atoms with E-state index in [-0.39, 0.29) is 10.6 Å². The van der Waals surface area contributed by atoms with Gasteiger partial charge in [0.1, 0.15) is 23.0 Å². The minimum atomic E-state index is -4.19. The van der Waals surface area contributed by atoms with Gasteiger partial charge in [-0.2, -0.15) is 8.42 Å². The second-order valence-electron chi connectivity index (χ2n) is 7.51. The van der Waals surface area contributed by atoms with Crippen molar-refractivity contribution in [1.82, 2.24) is 0 Å². The van der Waals surface area contributed by atoms with Gasteiger partial charge in [-0.15, -0.1) is 5.92 Å². The summed E-state index contributed by atoms with van der Waals surface area (Å²) in [6.07, 6.45) is 0.752. The normalized spacial score (nSPS) is 10.7. The van der Waals surface area contributed by atoms with Crippen molar-refractivity contribution >= 4 is 28.2 Å². The van der Waals surface area contributed by atoms with Gasteiger partial charge in [0.2, 0.25) is 0 Å². The summed E-state index contributed by atoms with van der Waals surface area (Å²) in [4.78, 5) is 12.9. The minimum absolute atomic E-state index is 0.00750. The van der Waals surface area contributed by atoms with E-state index in [4.69, 9.17) is 8.92 Å². The summed E-state index contributed by atoms with van der Waals surface area (Å²) in [6, 6.07) is 27.8. The summed E-state index contributed by atoms with van der Waals surface area (Å²) >= 11 is 1.29. The third-order valence-electron chi connectivity index (χ3n) is 5.10. The van der Waals surface area contributed by atoms with Crippen LogP contribution >= 0.6 is 11.8 Å². The maximum atomic E-state index is 13.4. The van der Waals surface area contributed by atoms with E-state index in [1.807, 2.05) is 24.3 Å². The average Bonchev–Trinajstić information content (AvgIpc) is 2.90. The van der Waals surface area contributed by atoms with Crippen LogP contribution in [0, 0.1) is 11.8 Å². The minimum Gasteiger partial charge on any atom is -0.481 e. The molecule has 0 radical (unpaired) electrons. The standard InChI is InChI=1S/C29H22O5S2/c1-2-3-19-33-24-14-16-26(17-15-24)35-28-18-13-22(27-12-8-7-9-23(27)21-30)20-29(28)36(31,32)34-25-10-5-4-6-11-25/h4-18,20-21H,19H2,1H3. The second-order valence-corrected chi connectivity index (χ2v) is 10.1. The lowest BCUT2D eigenvalue weighted by atomic mass is 10.0. The number of ether oxygens (including phenoxy) is 1. The number of para-hydroxylation sites is 1. The lowest BCUT2D eigenvalue weighted by Crippen LogP contribution is -2.11. The van der Waals surface area contributed by atoms with Gasteiger partial charge in [0, 0.05) is 15.4 Å². The molecule has 4 aromatic carbocycles. The molecule has 180 valence electrons. The molecule has 0 atom stereocenters. The van der Waals surface area contributed by atoms with Crippen molar-refractivity contribution in [3.8, 4) is 34.5 Å². The molecule has 0 unspecified atom stereocenters. The number of aldehydes is 1. The number of carbonyl (C=O) groups is 1. The number of rotatable bonds is 9. The fourth-order valence-corrected chi connectivity index (χ4v) is 5.68. The number of hydrogen-bond acceptors (Lipinski definition) is 6. The van der Waals surface area contributed by atoms with Gasteiger partial charge >= 0.3 is 10.1 Å². The van der Waals surface area contributed by atoms with Gasteiger partial charge in [0.05, 0.1) is 0 Å². The first-order valence-corrected chi connectivity index (χ1v) is 13.2. The second kappa shape index (κ2) is 11.6. The summed E-state index contributed by atoms with van der Waals surface area (Å²) in [7, 11) is -4.19. The smallest absolute Gasteiger partial charge is 0.340 e. The molecule has 0 bridgehead atoms. The molecule has 0 saturated carbocycles. The lowest BCUT2D eigenvalue weighted by Gasteiger charge is -2.14. The Balaban J connectivity index is 1.72. The summed E-state index contributed by atoms with van der Waals surface area (Å²) < 4.78 is 37.8. The fourth-order valence-electron chi connectivity index (χ4n) is 3.39. The number of hydrogen-bond donors (Lipinski definition) is 0. The third kappa shape index (κ3) is 6.16. The molecule has 0 amide bonds. The Labute approximate surface area is 215 Å². The van der Waals surface area contributed by atoms with Crippen LogP contribution in [0.15, 0.2) is 112 Å². The molecule has 0 heterocycles. The highest BCUT2D eigenvalue weighted by molar-refractivity contribution is 8.00. The number of carbonyl (C=O) groups excluding carboxylic acids is 1. The van der Waals surface area contributed by atoms with Crippen LogP contribution in [0.3, 0.4) is 0 Å². The van der Waals surface area contributed by atoms with Crippen molar-refractivity contribution < 1.29 is 22.1 Å². The molecular formula is C29H22O5S2. The largest absolute Gasteiger partial charge is 0.481 e. The lowest BCUT2D eigenvalue weighted by molar-refractivity contribution is 0.112.